The molecule has 0 aliphatic carbocycles. The first-order chi connectivity index (χ1) is 7.84. The topological polar surface area (TPSA) is 64.3 Å². The summed E-state index contributed by atoms with van der Waals surface area (Å²) in [5, 5.41) is 0. The molecule has 0 bridgehead atoms. The van der Waals surface area contributed by atoms with Crippen LogP contribution in [0.25, 0.3) is 0 Å². The molecule has 7 heteroatoms. The molecule has 0 radical (unpaired) electrons. The fourth-order valence-corrected chi connectivity index (χ4v) is 1.10. The van der Waals surface area contributed by atoms with Crippen LogP contribution in [0.4, 0.5) is 13.2 Å². The van der Waals surface area contributed by atoms with Gasteiger partial charge >= 0.3 is 6.18 Å². The van der Waals surface area contributed by atoms with Crippen LogP contribution in [0.5, 0.6) is 5.75 Å². The highest BCUT2D eigenvalue weighted by atomic mass is 19.4. The van der Waals surface area contributed by atoms with E-state index in [4.69, 9.17) is 10.6 Å². The first-order valence-corrected chi connectivity index (χ1v) is 4.69. The van der Waals surface area contributed by atoms with E-state index in [0.717, 1.165) is 24.3 Å². The molecule has 0 spiro atoms. The molecule has 0 aliphatic rings. The predicted molar refractivity (Wildman–Crippen MR) is 53.9 cm³/mol. The Bertz CT molecular complexity index is 390. The number of carbonyl (C=O) groups excluding carboxylic acids is 1. The number of rotatable bonds is 3. The lowest BCUT2D eigenvalue weighted by Crippen LogP contribution is -2.40. The van der Waals surface area contributed by atoms with Gasteiger partial charge in [0.05, 0.1) is 5.56 Å². The molecule has 4 nitrogen and oxygen atoms in total. The van der Waals surface area contributed by atoms with Crippen LogP contribution in [-0.2, 0) is 11.0 Å². The first kappa shape index (κ1) is 13.3. The number of alkyl halides is 3. The van der Waals surface area contributed by atoms with Crippen LogP contribution in [0, 0.1) is 0 Å². The van der Waals surface area contributed by atoms with Gasteiger partial charge in [-0.1, -0.05) is 0 Å². The van der Waals surface area contributed by atoms with Crippen molar-refractivity contribution in [2.75, 3.05) is 0 Å². The summed E-state index contributed by atoms with van der Waals surface area (Å²) in [6.45, 7) is 1.43. The van der Waals surface area contributed by atoms with Crippen LogP contribution in [0.1, 0.15) is 12.5 Å². The Morgan fingerprint density at radius 2 is 1.88 bits per heavy atom. The number of benzene rings is 1. The number of halogens is 3. The molecule has 0 aliphatic heterocycles. The number of hydrazine groups is 1. The van der Waals surface area contributed by atoms with Crippen molar-refractivity contribution in [3.8, 4) is 5.75 Å². The van der Waals surface area contributed by atoms with Crippen molar-refractivity contribution in [3.63, 3.8) is 0 Å². The van der Waals surface area contributed by atoms with Crippen molar-refractivity contribution in [2.45, 2.75) is 19.2 Å². The van der Waals surface area contributed by atoms with Gasteiger partial charge in [0.25, 0.3) is 5.91 Å². The van der Waals surface area contributed by atoms with E-state index in [1.807, 2.05) is 5.43 Å². The number of nitrogens with two attached hydrogens (primary N) is 1. The lowest BCUT2D eigenvalue weighted by molar-refractivity contribution is -0.137. The zero-order valence-corrected chi connectivity index (χ0v) is 8.91. The Balaban J connectivity index is 2.72. The maximum Gasteiger partial charge on any atom is 0.416 e. The minimum atomic E-state index is -4.39. The van der Waals surface area contributed by atoms with Gasteiger partial charge in [-0.3, -0.25) is 10.2 Å². The van der Waals surface area contributed by atoms with Gasteiger partial charge in [0.15, 0.2) is 6.10 Å². The number of carbonyl (C=O) groups is 1. The van der Waals surface area contributed by atoms with E-state index in [1.165, 1.54) is 6.92 Å². The molecule has 17 heavy (non-hydrogen) atoms. The Labute approximate surface area is 95.5 Å². The third kappa shape index (κ3) is 3.63. The van der Waals surface area contributed by atoms with E-state index in [2.05, 4.69) is 0 Å². The molecular weight excluding hydrogens is 237 g/mol. The number of hydrogen-bond donors (Lipinski definition) is 2. The van der Waals surface area contributed by atoms with Crippen LogP contribution in [0.15, 0.2) is 24.3 Å². The van der Waals surface area contributed by atoms with Gasteiger partial charge in [0.2, 0.25) is 0 Å². The monoisotopic (exact) mass is 248 g/mol. The second-order valence-corrected chi connectivity index (χ2v) is 3.29. The number of nitrogens with one attached hydrogen (secondary N) is 1. The minimum Gasteiger partial charge on any atom is -0.481 e. The summed E-state index contributed by atoms with van der Waals surface area (Å²) in [6.07, 6.45) is -5.27. The van der Waals surface area contributed by atoms with Crippen molar-refractivity contribution < 1.29 is 22.7 Å². The average Bonchev–Trinajstić information content (AvgIpc) is 2.27. The standard InChI is InChI=1S/C10H11F3N2O2/c1-6(9(16)15-14)17-8-4-2-7(3-5-8)10(11,12)13/h2-6H,14H2,1H3,(H,15,16). The number of amides is 1. The third-order valence-corrected chi connectivity index (χ3v) is 2.01. The van der Waals surface area contributed by atoms with E-state index in [9.17, 15) is 18.0 Å². The van der Waals surface area contributed by atoms with Crippen LogP contribution >= 0.6 is 0 Å². The largest absolute Gasteiger partial charge is 0.481 e. The summed E-state index contributed by atoms with van der Waals surface area (Å²) < 4.78 is 41.8. The molecule has 0 aromatic heterocycles. The van der Waals surface area contributed by atoms with Crippen molar-refractivity contribution >= 4 is 5.91 Å². The van der Waals surface area contributed by atoms with Crippen LogP contribution in [0.3, 0.4) is 0 Å². The lowest BCUT2D eigenvalue weighted by Gasteiger charge is -2.13. The molecule has 1 rings (SSSR count). The van der Waals surface area contributed by atoms with E-state index in [-0.39, 0.29) is 5.75 Å². The summed E-state index contributed by atoms with van der Waals surface area (Å²) >= 11 is 0. The summed E-state index contributed by atoms with van der Waals surface area (Å²) in [4.78, 5) is 11.0. The van der Waals surface area contributed by atoms with Crippen molar-refractivity contribution in [1.82, 2.24) is 5.43 Å². The second-order valence-electron chi connectivity index (χ2n) is 3.29. The van der Waals surface area contributed by atoms with Gasteiger partial charge in [-0.2, -0.15) is 13.2 Å². The van der Waals surface area contributed by atoms with Gasteiger partial charge in [-0.15, -0.1) is 0 Å². The van der Waals surface area contributed by atoms with E-state index >= 15 is 0 Å². The lowest BCUT2D eigenvalue weighted by atomic mass is 10.2. The third-order valence-electron chi connectivity index (χ3n) is 2.01. The van der Waals surface area contributed by atoms with Crippen molar-refractivity contribution in [2.24, 2.45) is 5.84 Å². The quantitative estimate of drug-likeness (QED) is 0.483. The molecule has 0 heterocycles. The molecule has 1 aromatic rings. The van der Waals surface area contributed by atoms with Gasteiger partial charge in [-0.05, 0) is 31.2 Å². The predicted octanol–water partition coefficient (Wildman–Crippen LogP) is 1.46. The minimum absolute atomic E-state index is 0.161. The number of hydrogen-bond acceptors (Lipinski definition) is 3. The highest BCUT2D eigenvalue weighted by Crippen LogP contribution is 2.30. The summed E-state index contributed by atoms with van der Waals surface area (Å²) in [5.41, 5.74) is 1.10. The highest BCUT2D eigenvalue weighted by molar-refractivity contribution is 5.80. The molecule has 1 aromatic carbocycles. The van der Waals surface area contributed by atoms with Gasteiger partial charge < -0.3 is 4.74 Å². The summed E-state index contributed by atoms with van der Waals surface area (Å²) in [7, 11) is 0. The molecule has 0 fully saturated rings. The SMILES string of the molecule is CC(Oc1ccc(C(F)(F)F)cc1)C(=O)NN. The van der Waals surface area contributed by atoms with Crippen molar-refractivity contribution in [3.05, 3.63) is 29.8 Å². The van der Waals surface area contributed by atoms with E-state index in [1.54, 1.807) is 0 Å². The maximum absolute atomic E-state index is 12.2. The normalized spacial score (nSPS) is 13.0. The highest BCUT2D eigenvalue weighted by Gasteiger charge is 2.30. The zero-order chi connectivity index (χ0) is 13.1. The summed E-state index contributed by atoms with van der Waals surface area (Å²) in [5.74, 6) is 4.48. The van der Waals surface area contributed by atoms with Crippen LogP contribution in [-0.4, -0.2) is 12.0 Å². The molecule has 3 N–H and O–H groups in total. The molecular formula is C10H11F3N2O2. The zero-order valence-electron chi connectivity index (χ0n) is 8.91. The molecule has 1 unspecified atom stereocenters. The molecule has 1 amide bonds. The van der Waals surface area contributed by atoms with E-state index < -0.39 is 23.8 Å². The fourth-order valence-electron chi connectivity index (χ4n) is 1.10. The Kier molecular flexibility index (Phi) is 3.95. The molecule has 94 valence electrons. The molecule has 0 saturated heterocycles. The van der Waals surface area contributed by atoms with Gasteiger partial charge in [-0.25, -0.2) is 5.84 Å². The first-order valence-electron chi connectivity index (χ1n) is 4.69. The maximum atomic E-state index is 12.2. The van der Waals surface area contributed by atoms with Crippen LogP contribution < -0.4 is 16.0 Å². The molecule has 1 atom stereocenters. The van der Waals surface area contributed by atoms with Crippen LogP contribution in [0.2, 0.25) is 0 Å². The van der Waals surface area contributed by atoms with Crippen molar-refractivity contribution in [1.29, 1.82) is 0 Å². The number of ether oxygens (including phenoxy) is 1. The molecule has 0 saturated carbocycles. The van der Waals surface area contributed by atoms with Gasteiger partial charge in [0, 0.05) is 0 Å². The Morgan fingerprint density at radius 3 is 2.29 bits per heavy atom. The Hall–Kier alpha value is -1.76. The summed E-state index contributed by atoms with van der Waals surface area (Å²) in [6, 6.07) is 4.04. The fraction of sp³-hybridized carbons (Fsp3) is 0.300. The second kappa shape index (κ2) is 5.05. The average molecular weight is 248 g/mol. The smallest absolute Gasteiger partial charge is 0.416 e. The van der Waals surface area contributed by atoms with Gasteiger partial charge in [0.1, 0.15) is 5.75 Å². The Morgan fingerprint density at radius 1 is 1.35 bits per heavy atom. The van der Waals surface area contributed by atoms with E-state index in [0.29, 0.717) is 0 Å².